The molecule has 0 bridgehead atoms. The number of nitrogens with one attached hydrogen (secondary N) is 1. The van der Waals surface area contributed by atoms with Gasteiger partial charge >= 0.3 is 0 Å². The molecule has 0 spiro atoms. The lowest BCUT2D eigenvalue weighted by Crippen LogP contribution is -2.46. The number of likely N-dealkylation sites (N-methyl/N-ethyl adjacent to an activating group) is 1. The summed E-state index contributed by atoms with van der Waals surface area (Å²) in [6, 6.07) is 7.64. The summed E-state index contributed by atoms with van der Waals surface area (Å²) in [4.78, 5) is 2.39. The molecular weight excluding hydrogens is 268 g/mol. The average Bonchev–Trinajstić information content (AvgIpc) is 2.55. The highest BCUT2D eigenvalue weighted by Gasteiger charge is 2.18. The molecule has 0 amide bonds. The van der Waals surface area contributed by atoms with Crippen LogP contribution >= 0.6 is 0 Å². The fourth-order valence-corrected chi connectivity index (χ4v) is 2.54. The van der Waals surface area contributed by atoms with Crippen LogP contribution in [0.5, 0.6) is 0 Å². The quantitative estimate of drug-likeness (QED) is 0.309. The van der Waals surface area contributed by atoms with Gasteiger partial charge < -0.3 is 21.0 Å². The second-order valence-electron chi connectivity index (χ2n) is 5.16. The first-order valence-corrected chi connectivity index (χ1v) is 7.35. The molecule has 0 radical (unpaired) electrons. The molecule has 6 nitrogen and oxygen atoms in total. The highest BCUT2D eigenvalue weighted by atomic mass is 16.5. The summed E-state index contributed by atoms with van der Waals surface area (Å²) in [5.74, 6) is 0.137. The smallest absolute Gasteiger partial charge is 0.170 e. The summed E-state index contributed by atoms with van der Waals surface area (Å²) in [7, 11) is 0. The number of oxime groups is 1. The Morgan fingerprint density at radius 1 is 1.52 bits per heavy atom. The molecule has 1 heterocycles. The first-order chi connectivity index (χ1) is 10.2. The van der Waals surface area contributed by atoms with Gasteiger partial charge in [-0.2, -0.15) is 0 Å². The highest BCUT2D eigenvalue weighted by molar-refractivity contribution is 5.98. The third-order valence-electron chi connectivity index (χ3n) is 3.76. The molecule has 0 aliphatic carbocycles. The summed E-state index contributed by atoms with van der Waals surface area (Å²) < 4.78 is 5.75. The zero-order valence-electron chi connectivity index (χ0n) is 12.5. The van der Waals surface area contributed by atoms with Gasteiger partial charge in [-0.1, -0.05) is 36.3 Å². The molecule has 1 aliphatic heterocycles. The largest absolute Gasteiger partial charge is 0.409 e. The maximum Gasteiger partial charge on any atom is 0.170 e. The van der Waals surface area contributed by atoms with Gasteiger partial charge in [0, 0.05) is 31.7 Å². The summed E-state index contributed by atoms with van der Waals surface area (Å²) in [6.07, 6.45) is 0.217. The lowest BCUT2D eigenvalue weighted by Gasteiger charge is -2.32. The van der Waals surface area contributed by atoms with E-state index in [1.807, 2.05) is 24.3 Å². The maximum absolute atomic E-state index is 8.82. The zero-order chi connectivity index (χ0) is 15.1. The van der Waals surface area contributed by atoms with Crippen LogP contribution in [0.4, 0.5) is 0 Å². The molecule has 1 fully saturated rings. The van der Waals surface area contributed by atoms with Crippen molar-refractivity contribution < 1.29 is 9.94 Å². The fraction of sp³-hybridized carbons (Fsp3) is 0.533. The van der Waals surface area contributed by atoms with E-state index in [9.17, 15) is 0 Å². The standard InChI is InChI=1S/C15H24N4O2/c1-2-19-7-8-21-13(11-19)10-17-9-12-5-3-4-6-14(12)15(16)18-20/h3-6,13,17,20H,2,7-11H2,1H3,(H2,16,18). The van der Waals surface area contributed by atoms with E-state index in [4.69, 9.17) is 15.7 Å². The fourth-order valence-electron chi connectivity index (χ4n) is 2.54. The van der Waals surface area contributed by atoms with E-state index in [0.29, 0.717) is 6.54 Å². The number of hydrogen-bond acceptors (Lipinski definition) is 5. The summed E-state index contributed by atoms with van der Waals surface area (Å²) >= 11 is 0. The second kappa shape index (κ2) is 7.97. The molecule has 2 rings (SSSR count). The molecular formula is C15H24N4O2. The average molecular weight is 292 g/mol. The molecule has 0 saturated carbocycles. The first-order valence-electron chi connectivity index (χ1n) is 7.35. The molecule has 6 heteroatoms. The first kappa shape index (κ1) is 15.8. The van der Waals surface area contributed by atoms with E-state index in [0.717, 1.165) is 43.9 Å². The van der Waals surface area contributed by atoms with E-state index in [2.05, 4.69) is 22.3 Å². The predicted molar refractivity (Wildman–Crippen MR) is 82.5 cm³/mol. The van der Waals surface area contributed by atoms with Gasteiger partial charge in [-0.15, -0.1) is 0 Å². The molecule has 1 aliphatic rings. The SMILES string of the molecule is CCN1CCOC(CNCc2ccccc2/C(N)=N/O)C1. The number of nitrogens with zero attached hydrogens (tertiary/aromatic N) is 2. The van der Waals surface area contributed by atoms with Crippen molar-refractivity contribution >= 4 is 5.84 Å². The third kappa shape index (κ3) is 4.42. The minimum Gasteiger partial charge on any atom is -0.409 e. The van der Waals surface area contributed by atoms with Crippen molar-refractivity contribution in [3.63, 3.8) is 0 Å². The van der Waals surface area contributed by atoms with Gasteiger partial charge in [0.1, 0.15) is 0 Å². The van der Waals surface area contributed by atoms with Crippen molar-refractivity contribution in [3.8, 4) is 0 Å². The van der Waals surface area contributed by atoms with E-state index in [-0.39, 0.29) is 11.9 Å². The van der Waals surface area contributed by atoms with Crippen LogP contribution in [0.25, 0.3) is 0 Å². The van der Waals surface area contributed by atoms with Gasteiger partial charge in [-0.25, -0.2) is 0 Å². The Kier molecular flexibility index (Phi) is 5.98. The summed E-state index contributed by atoms with van der Waals surface area (Å²) in [6.45, 7) is 7.46. The van der Waals surface area contributed by atoms with Gasteiger partial charge in [-0.05, 0) is 12.1 Å². The van der Waals surface area contributed by atoms with Crippen molar-refractivity contribution in [1.29, 1.82) is 0 Å². The van der Waals surface area contributed by atoms with Crippen LogP contribution in [0.3, 0.4) is 0 Å². The molecule has 1 unspecified atom stereocenters. The van der Waals surface area contributed by atoms with Crippen molar-refractivity contribution in [2.24, 2.45) is 10.9 Å². The Morgan fingerprint density at radius 3 is 3.10 bits per heavy atom. The number of nitrogens with two attached hydrogens (primary N) is 1. The van der Waals surface area contributed by atoms with Crippen molar-refractivity contribution in [2.75, 3.05) is 32.8 Å². The Morgan fingerprint density at radius 2 is 2.33 bits per heavy atom. The Labute approximate surface area is 125 Å². The van der Waals surface area contributed by atoms with Gasteiger partial charge in [-0.3, -0.25) is 4.90 Å². The van der Waals surface area contributed by atoms with Crippen LogP contribution in [0, 0.1) is 0 Å². The maximum atomic E-state index is 8.82. The predicted octanol–water partition coefficient (Wildman–Crippen LogP) is 0.591. The van der Waals surface area contributed by atoms with Crippen LogP contribution in [0.15, 0.2) is 29.4 Å². The molecule has 0 aromatic heterocycles. The number of hydrogen-bond donors (Lipinski definition) is 3. The summed E-state index contributed by atoms with van der Waals surface area (Å²) in [5, 5.41) is 15.3. The van der Waals surface area contributed by atoms with E-state index in [1.165, 1.54) is 0 Å². The highest BCUT2D eigenvalue weighted by Crippen LogP contribution is 2.09. The molecule has 4 N–H and O–H groups in total. The van der Waals surface area contributed by atoms with Crippen LogP contribution in [-0.2, 0) is 11.3 Å². The van der Waals surface area contributed by atoms with Crippen LogP contribution in [0.2, 0.25) is 0 Å². The number of ether oxygens (including phenoxy) is 1. The van der Waals surface area contributed by atoms with Crippen molar-refractivity contribution in [1.82, 2.24) is 10.2 Å². The third-order valence-corrected chi connectivity index (χ3v) is 3.76. The monoisotopic (exact) mass is 292 g/mol. The normalized spacial score (nSPS) is 20.6. The number of amidine groups is 1. The van der Waals surface area contributed by atoms with E-state index >= 15 is 0 Å². The molecule has 21 heavy (non-hydrogen) atoms. The minimum absolute atomic E-state index is 0.137. The Balaban J connectivity index is 1.86. The Hall–Kier alpha value is -1.63. The van der Waals surface area contributed by atoms with E-state index < -0.39 is 0 Å². The number of rotatable bonds is 6. The Bertz CT molecular complexity index is 478. The number of morpholine rings is 1. The van der Waals surface area contributed by atoms with Gasteiger partial charge in [0.25, 0.3) is 0 Å². The molecule has 1 aromatic carbocycles. The van der Waals surface area contributed by atoms with Gasteiger partial charge in [0.2, 0.25) is 0 Å². The molecule has 1 atom stereocenters. The topological polar surface area (TPSA) is 83.1 Å². The van der Waals surface area contributed by atoms with Gasteiger partial charge in [0.15, 0.2) is 5.84 Å². The second-order valence-corrected chi connectivity index (χ2v) is 5.16. The lowest BCUT2D eigenvalue weighted by molar-refractivity contribution is -0.0253. The van der Waals surface area contributed by atoms with Crippen molar-refractivity contribution in [2.45, 2.75) is 19.6 Å². The molecule has 116 valence electrons. The summed E-state index contributed by atoms with van der Waals surface area (Å²) in [5.41, 5.74) is 7.45. The van der Waals surface area contributed by atoms with E-state index in [1.54, 1.807) is 0 Å². The van der Waals surface area contributed by atoms with Crippen LogP contribution in [0.1, 0.15) is 18.1 Å². The minimum atomic E-state index is 0.137. The van der Waals surface area contributed by atoms with Crippen LogP contribution in [-0.4, -0.2) is 54.8 Å². The van der Waals surface area contributed by atoms with Crippen LogP contribution < -0.4 is 11.1 Å². The molecule has 1 saturated heterocycles. The van der Waals surface area contributed by atoms with Crippen molar-refractivity contribution in [3.05, 3.63) is 35.4 Å². The molecule has 1 aromatic rings. The zero-order valence-corrected chi connectivity index (χ0v) is 12.5. The number of benzene rings is 1. The van der Waals surface area contributed by atoms with Gasteiger partial charge in [0.05, 0.1) is 12.7 Å². The lowest BCUT2D eigenvalue weighted by atomic mass is 10.1.